The van der Waals surface area contributed by atoms with E-state index in [0.717, 1.165) is 12.8 Å². The molecule has 5 heteroatoms. The highest BCUT2D eigenvalue weighted by Gasteiger charge is 2.45. The second kappa shape index (κ2) is 2.72. The zero-order valence-electron chi connectivity index (χ0n) is 6.02. The van der Waals surface area contributed by atoms with Gasteiger partial charge >= 0.3 is 0 Å². The Morgan fingerprint density at radius 1 is 1.33 bits per heavy atom. The fourth-order valence-electron chi connectivity index (χ4n) is 0.896. The molecular formula is C7H5Cl3N2. The maximum absolute atomic E-state index is 6.07. The molecule has 0 saturated heterocycles. The fraction of sp³-hybridized carbons (Fsp3) is 0.429. The number of nitrogens with zero attached hydrogens (tertiary/aromatic N) is 2. The van der Waals surface area contributed by atoms with E-state index >= 15 is 0 Å². The largest absolute Gasteiger partial charge is 0.238 e. The Morgan fingerprint density at radius 3 is 2.50 bits per heavy atom. The molecule has 0 spiro atoms. The van der Waals surface area contributed by atoms with E-state index in [9.17, 15) is 0 Å². The summed E-state index contributed by atoms with van der Waals surface area (Å²) in [5, 5.41) is 0.634. The lowest BCUT2D eigenvalue weighted by molar-refractivity contribution is 0.861. The van der Waals surface area contributed by atoms with Gasteiger partial charge < -0.3 is 0 Å². The van der Waals surface area contributed by atoms with Gasteiger partial charge in [-0.25, -0.2) is 9.97 Å². The minimum Gasteiger partial charge on any atom is -0.238 e. The molecule has 0 aliphatic heterocycles. The average molecular weight is 223 g/mol. The third kappa shape index (κ3) is 1.39. The monoisotopic (exact) mass is 222 g/mol. The summed E-state index contributed by atoms with van der Waals surface area (Å²) < 4.78 is 0. The van der Waals surface area contributed by atoms with Crippen LogP contribution >= 0.6 is 34.8 Å². The summed E-state index contributed by atoms with van der Waals surface area (Å²) >= 11 is 17.4. The average Bonchev–Trinajstić information content (AvgIpc) is 2.75. The van der Waals surface area contributed by atoms with Crippen LogP contribution in [-0.4, -0.2) is 9.97 Å². The summed E-state index contributed by atoms with van der Waals surface area (Å²) in [5.74, 6) is 0.582. The Bertz CT molecular complexity index is 322. The van der Waals surface area contributed by atoms with Gasteiger partial charge in [-0.3, -0.25) is 0 Å². The Morgan fingerprint density at radius 2 is 2.00 bits per heavy atom. The Hall–Kier alpha value is -0.0500. The van der Waals surface area contributed by atoms with Gasteiger partial charge in [-0.15, -0.1) is 11.6 Å². The first-order valence-corrected chi connectivity index (χ1v) is 4.63. The van der Waals surface area contributed by atoms with E-state index in [1.54, 1.807) is 0 Å². The van der Waals surface area contributed by atoms with E-state index in [1.165, 1.54) is 6.20 Å². The van der Waals surface area contributed by atoms with Crippen molar-refractivity contribution in [2.75, 3.05) is 0 Å². The van der Waals surface area contributed by atoms with Crippen LogP contribution in [0.3, 0.4) is 0 Å². The van der Waals surface area contributed by atoms with Crippen LogP contribution < -0.4 is 0 Å². The highest BCUT2D eigenvalue weighted by atomic mass is 35.5. The van der Waals surface area contributed by atoms with Gasteiger partial charge in [-0.1, -0.05) is 23.2 Å². The van der Waals surface area contributed by atoms with Gasteiger partial charge in [0.1, 0.15) is 4.87 Å². The van der Waals surface area contributed by atoms with Crippen LogP contribution in [-0.2, 0) is 4.87 Å². The molecule has 0 unspecified atom stereocenters. The zero-order chi connectivity index (χ0) is 8.77. The van der Waals surface area contributed by atoms with Gasteiger partial charge in [0, 0.05) is 0 Å². The van der Waals surface area contributed by atoms with Crippen molar-refractivity contribution in [3.63, 3.8) is 0 Å². The van der Waals surface area contributed by atoms with E-state index in [0.29, 0.717) is 10.8 Å². The molecule has 1 saturated carbocycles. The molecule has 64 valence electrons. The van der Waals surface area contributed by atoms with E-state index in [-0.39, 0.29) is 10.0 Å². The molecule has 1 heterocycles. The van der Waals surface area contributed by atoms with Crippen molar-refractivity contribution < 1.29 is 0 Å². The van der Waals surface area contributed by atoms with Crippen LogP contribution in [0.25, 0.3) is 0 Å². The SMILES string of the molecule is Clc1cnc(C2(Cl)CC2)nc1Cl. The van der Waals surface area contributed by atoms with E-state index in [4.69, 9.17) is 34.8 Å². The number of rotatable bonds is 1. The molecule has 1 aliphatic rings. The van der Waals surface area contributed by atoms with Crippen molar-refractivity contribution in [2.45, 2.75) is 17.7 Å². The summed E-state index contributed by atoms with van der Waals surface area (Å²) in [6, 6.07) is 0. The Kier molecular flexibility index (Phi) is 1.94. The highest BCUT2D eigenvalue weighted by molar-refractivity contribution is 6.41. The Balaban J connectivity index is 2.41. The molecular weight excluding hydrogens is 218 g/mol. The van der Waals surface area contributed by atoms with E-state index < -0.39 is 0 Å². The molecule has 0 atom stereocenters. The Labute approximate surface area is 84.9 Å². The van der Waals surface area contributed by atoms with Gasteiger partial charge in [0.25, 0.3) is 0 Å². The summed E-state index contributed by atoms with van der Waals surface area (Å²) in [6.07, 6.45) is 3.30. The maximum Gasteiger partial charge on any atom is 0.151 e. The van der Waals surface area contributed by atoms with Crippen molar-refractivity contribution in [3.8, 4) is 0 Å². The van der Waals surface area contributed by atoms with Gasteiger partial charge in [-0.2, -0.15) is 0 Å². The van der Waals surface area contributed by atoms with E-state index in [2.05, 4.69) is 9.97 Å². The van der Waals surface area contributed by atoms with Gasteiger partial charge in [0.05, 0.1) is 11.2 Å². The normalized spacial score (nSPS) is 19.2. The number of hydrogen-bond acceptors (Lipinski definition) is 2. The fourth-order valence-corrected chi connectivity index (χ4v) is 1.30. The standard InChI is InChI=1S/C7H5Cl3N2/c8-4-3-11-6(12-5(4)9)7(10)1-2-7/h3H,1-2H2. The predicted molar refractivity (Wildman–Crippen MR) is 48.8 cm³/mol. The molecule has 0 radical (unpaired) electrons. The van der Waals surface area contributed by atoms with Crippen molar-refractivity contribution in [1.82, 2.24) is 9.97 Å². The molecule has 2 rings (SSSR count). The first kappa shape index (κ1) is 8.54. The van der Waals surface area contributed by atoms with Crippen LogP contribution in [0.5, 0.6) is 0 Å². The van der Waals surface area contributed by atoms with Gasteiger partial charge in [0.2, 0.25) is 0 Å². The van der Waals surface area contributed by atoms with Crippen molar-refractivity contribution in [1.29, 1.82) is 0 Å². The summed E-state index contributed by atoms with van der Waals surface area (Å²) in [7, 11) is 0. The third-order valence-corrected chi connectivity index (χ3v) is 3.00. The lowest BCUT2D eigenvalue weighted by atomic mass is 10.4. The first-order valence-electron chi connectivity index (χ1n) is 3.49. The predicted octanol–water partition coefficient (Wildman–Crippen LogP) is 3.01. The lowest BCUT2D eigenvalue weighted by Gasteiger charge is -2.04. The lowest BCUT2D eigenvalue weighted by Crippen LogP contribution is -2.03. The second-order valence-corrected chi connectivity index (χ2v) is 4.29. The zero-order valence-corrected chi connectivity index (χ0v) is 8.29. The number of alkyl halides is 1. The number of aromatic nitrogens is 2. The van der Waals surface area contributed by atoms with E-state index in [1.807, 2.05) is 0 Å². The van der Waals surface area contributed by atoms with Crippen molar-refractivity contribution >= 4 is 34.8 Å². The maximum atomic E-state index is 6.07. The van der Waals surface area contributed by atoms with Crippen LogP contribution in [0.15, 0.2) is 6.20 Å². The van der Waals surface area contributed by atoms with Crippen molar-refractivity contribution in [2.24, 2.45) is 0 Å². The van der Waals surface area contributed by atoms with Crippen LogP contribution in [0, 0.1) is 0 Å². The highest BCUT2D eigenvalue weighted by Crippen LogP contribution is 2.50. The first-order chi connectivity index (χ1) is 5.62. The summed E-state index contributed by atoms with van der Waals surface area (Å²) in [6.45, 7) is 0. The molecule has 0 amide bonds. The molecule has 0 N–H and O–H groups in total. The van der Waals surface area contributed by atoms with Crippen LogP contribution in [0.1, 0.15) is 18.7 Å². The molecule has 1 aromatic heterocycles. The third-order valence-electron chi connectivity index (χ3n) is 1.79. The van der Waals surface area contributed by atoms with Crippen molar-refractivity contribution in [3.05, 3.63) is 22.2 Å². The molecule has 2 nitrogen and oxygen atoms in total. The molecule has 12 heavy (non-hydrogen) atoms. The second-order valence-electron chi connectivity index (χ2n) is 2.80. The van der Waals surface area contributed by atoms with Crippen LogP contribution in [0.2, 0.25) is 10.2 Å². The smallest absolute Gasteiger partial charge is 0.151 e. The molecule has 0 aromatic carbocycles. The molecule has 1 aromatic rings. The quantitative estimate of drug-likeness (QED) is 0.540. The number of hydrogen-bond donors (Lipinski definition) is 0. The van der Waals surface area contributed by atoms with Crippen LogP contribution in [0.4, 0.5) is 0 Å². The summed E-state index contributed by atoms with van der Waals surface area (Å²) in [5.41, 5.74) is 0. The topological polar surface area (TPSA) is 25.8 Å². The minimum absolute atomic E-state index is 0.272. The van der Waals surface area contributed by atoms with Gasteiger partial charge in [-0.05, 0) is 12.8 Å². The molecule has 0 bridgehead atoms. The number of halogens is 3. The summed E-state index contributed by atoms with van der Waals surface area (Å²) in [4.78, 5) is 7.64. The molecule has 1 fully saturated rings. The molecule has 1 aliphatic carbocycles. The van der Waals surface area contributed by atoms with Gasteiger partial charge in [0.15, 0.2) is 11.0 Å². The minimum atomic E-state index is -0.367.